The highest BCUT2D eigenvalue weighted by molar-refractivity contribution is 6.11. The molecule has 2 heterocycles. The lowest BCUT2D eigenvalue weighted by Crippen LogP contribution is -2.65. The van der Waals surface area contributed by atoms with Crippen molar-refractivity contribution in [3.05, 3.63) is 29.8 Å². The van der Waals surface area contributed by atoms with Crippen LogP contribution in [0.1, 0.15) is 52.0 Å². The molecule has 3 aliphatic rings. The molecule has 2 atom stereocenters. The Hall–Kier alpha value is -1.64. The molecular formula is C21H27NO2. The lowest BCUT2D eigenvalue weighted by Gasteiger charge is -2.55. The number of fused-ring (bicyclic) bond motifs is 4. The van der Waals surface area contributed by atoms with Crippen molar-refractivity contribution in [2.24, 2.45) is 16.7 Å². The Balaban J connectivity index is 1.85. The first-order valence-electron chi connectivity index (χ1n) is 9.25. The van der Waals surface area contributed by atoms with Crippen LogP contribution in [-0.2, 0) is 16.0 Å². The quantitative estimate of drug-likeness (QED) is 0.681. The molecule has 1 aromatic rings. The predicted molar refractivity (Wildman–Crippen MR) is 95.1 cm³/mol. The van der Waals surface area contributed by atoms with Crippen LogP contribution in [0.2, 0.25) is 0 Å². The molecule has 2 fully saturated rings. The fourth-order valence-electron chi connectivity index (χ4n) is 5.23. The third kappa shape index (κ3) is 2.17. The van der Waals surface area contributed by atoms with E-state index in [2.05, 4.69) is 30.0 Å². The molecule has 1 spiro atoms. The lowest BCUT2D eigenvalue weighted by atomic mass is 9.55. The maximum absolute atomic E-state index is 13.3. The van der Waals surface area contributed by atoms with Gasteiger partial charge in [0, 0.05) is 31.1 Å². The van der Waals surface area contributed by atoms with Gasteiger partial charge in [0.15, 0.2) is 0 Å². The highest BCUT2D eigenvalue weighted by atomic mass is 16.2. The summed E-state index contributed by atoms with van der Waals surface area (Å²) in [6, 6.07) is 8.41. The lowest BCUT2D eigenvalue weighted by molar-refractivity contribution is -0.151. The first-order valence-corrected chi connectivity index (χ1v) is 9.25. The summed E-state index contributed by atoms with van der Waals surface area (Å²) in [6.07, 6.45) is 3.74. The minimum Gasteiger partial charge on any atom is -0.367 e. The van der Waals surface area contributed by atoms with E-state index in [9.17, 15) is 9.59 Å². The van der Waals surface area contributed by atoms with E-state index in [1.165, 1.54) is 11.3 Å². The van der Waals surface area contributed by atoms with Gasteiger partial charge in [-0.25, -0.2) is 0 Å². The number of anilines is 1. The number of hydrogen-bond donors (Lipinski definition) is 0. The van der Waals surface area contributed by atoms with Crippen LogP contribution in [0.4, 0.5) is 5.69 Å². The van der Waals surface area contributed by atoms with Crippen molar-refractivity contribution < 1.29 is 9.59 Å². The van der Waals surface area contributed by atoms with Crippen LogP contribution < -0.4 is 4.90 Å². The molecule has 0 amide bonds. The highest BCUT2D eigenvalue weighted by Gasteiger charge is 2.60. The number of Topliss-reactive ketones (excluding diaryl/α,β-unsaturated/α-hetero) is 2. The van der Waals surface area contributed by atoms with E-state index in [1.807, 2.05) is 19.9 Å². The Morgan fingerprint density at radius 2 is 1.71 bits per heavy atom. The summed E-state index contributed by atoms with van der Waals surface area (Å²) < 4.78 is 0. The number of carbonyl (C=O) groups is 2. The molecule has 1 saturated carbocycles. The molecule has 0 N–H and O–H groups in total. The van der Waals surface area contributed by atoms with Crippen LogP contribution in [-0.4, -0.2) is 24.2 Å². The molecule has 0 radical (unpaired) electrons. The van der Waals surface area contributed by atoms with Crippen LogP contribution in [0.15, 0.2) is 24.3 Å². The summed E-state index contributed by atoms with van der Waals surface area (Å²) in [6.45, 7) is 7.31. The number of benzene rings is 1. The Morgan fingerprint density at radius 1 is 1.04 bits per heavy atom. The van der Waals surface area contributed by atoms with E-state index in [4.69, 9.17) is 0 Å². The molecule has 0 bridgehead atoms. The standard InChI is InChI=1S/C21H27NO2/c1-14-8-9-22-16-7-5-4-6-15(16)11-21(17(22)10-14)18(23)12-20(2,3)13-19(21)24/h4-7,14,17H,8-13H2,1-3H3/t14-,17-/m1/s1. The van der Waals surface area contributed by atoms with Crippen LogP contribution in [0.3, 0.4) is 0 Å². The van der Waals surface area contributed by atoms with E-state index < -0.39 is 5.41 Å². The zero-order valence-electron chi connectivity index (χ0n) is 15.0. The second-order valence-electron chi connectivity index (χ2n) is 8.98. The molecule has 1 aromatic carbocycles. The van der Waals surface area contributed by atoms with Crippen molar-refractivity contribution >= 4 is 17.3 Å². The number of ketones is 2. The van der Waals surface area contributed by atoms with Gasteiger partial charge in [-0.1, -0.05) is 39.0 Å². The van der Waals surface area contributed by atoms with Gasteiger partial charge in [0.25, 0.3) is 0 Å². The van der Waals surface area contributed by atoms with Gasteiger partial charge in [-0.2, -0.15) is 0 Å². The maximum Gasteiger partial charge on any atom is 0.149 e. The molecule has 128 valence electrons. The van der Waals surface area contributed by atoms with Gasteiger partial charge in [-0.15, -0.1) is 0 Å². The fourth-order valence-corrected chi connectivity index (χ4v) is 5.23. The second kappa shape index (κ2) is 5.18. The Morgan fingerprint density at radius 3 is 2.42 bits per heavy atom. The topological polar surface area (TPSA) is 37.4 Å². The minimum atomic E-state index is -0.807. The number of carbonyl (C=O) groups excluding carboxylic acids is 2. The van der Waals surface area contributed by atoms with E-state index in [0.717, 1.165) is 19.4 Å². The van der Waals surface area contributed by atoms with Gasteiger partial charge in [0.05, 0.1) is 0 Å². The normalized spacial score (nSPS) is 30.9. The van der Waals surface area contributed by atoms with Gasteiger partial charge < -0.3 is 4.90 Å². The second-order valence-corrected chi connectivity index (χ2v) is 8.98. The van der Waals surface area contributed by atoms with Crippen LogP contribution in [0.25, 0.3) is 0 Å². The van der Waals surface area contributed by atoms with Gasteiger partial charge in [0.2, 0.25) is 0 Å². The zero-order chi connectivity index (χ0) is 17.1. The third-order valence-corrected chi connectivity index (χ3v) is 6.48. The van der Waals surface area contributed by atoms with Crippen molar-refractivity contribution in [1.82, 2.24) is 0 Å². The van der Waals surface area contributed by atoms with E-state index in [-0.39, 0.29) is 23.0 Å². The molecule has 1 saturated heterocycles. The van der Waals surface area contributed by atoms with Crippen molar-refractivity contribution in [3.63, 3.8) is 0 Å². The number of rotatable bonds is 0. The predicted octanol–water partition coefficient (Wildman–Crippen LogP) is 3.79. The van der Waals surface area contributed by atoms with Crippen LogP contribution in [0, 0.1) is 16.7 Å². The summed E-state index contributed by atoms with van der Waals surface area (Å²) >= 11 is 0. The average Bonchev–Trinajstić information content (AvgIpc) is 2.51. The van der Waals surface area contributed by atoms with Gasteiger partial charge in [0.1, 0.15) is 17.0 Å². The molecule has 3 nitrogen and oxygen atoms in total. The zero-order valence-corrected chi connectivity index (χ0v) is 15.0. The molecule has 24 heavy (non-hydrogen) atoms. The molecule has 4 rings (SSSR count). The SMILES string of the molecule is C[C@@H]1CCN2c3ccccc3CC3(C(=O)CC(C)(C)CC3=O)[C@H]2C1. The molecule has 3 heteroatoms. The highest BCUT2D eigenvalue weighted by Crippen LogP contribution is 2.52. The van der Waals surface area contributed by atoms with Crippen molar-refractivity contribution in [3.8, 4) is 0 Å². The summed E-state index contributed by atoms with van der Waals surface area (Å²) in [7, 11) is 0. The fraction of sp³-hybridized carbons (Fsp3) is 0.619. The molecule has 2 aliphatic heterocycles. The first-order chi connectivity index (χ1) is 11.3. The summed E-state index contributed by atoms with van der Waals surface area (Å²) in [5, 5.41) is 0. The van der Waals surface area contributed by atoms with E-state index in [1.54, 1.807) is 0 Å². The Labute approximate surface area is 144 Å². The van der Waals surface area contributed by atoms with Crippen molar-refractivity contribution in [2.45, 2.75) is 58.9 Å². The Bertz CT molecular complexity index is 686. The van der Waals surface area contributed by atoms with Gasteiger partial charge in [-0.05, 0) is 42.2 Å². The van der Waals surface area contributed by atoms with Crippen molar-refractivity contribution in [1.29, 1.82) is 0 Å². The molecule has 0 unspecified atom stereocenters. The van der Waals surface area contributed by atoms with Gasteiger partial charge in [-0.3, -0.25) is 9.59 Å². The van der Waals surface area contributed by atoms with Gasteiger partial charge >= 0.3 is 0 Å². The third-order valence-electron chi connectivity index (χ3n) is 6.48. The maximum atomic E-state index is 13.3. The molecular weight excluding hydrogens is 298 g/mol. The van der Waals surface area contributed by atoms with Crippen LogP contribution >= 0.6 is 0 Å². The number of nitrogens with zero attached hydrogens (tertiary/aromatic N) is 1. The monoisotopic (exact) mass is 325 g/mol. The smallest absolute Gasteiger partial charge is 0.149 e. The first kappa shape index (κ1) is 15.9. The van der Waals surface area contributed by atoms with Crippen LogP contribution in [0.5, 0.6) is 0 Å². The van der Waals surface area contributed by atoms with E-state index in [0.29, 0.717) is 25.2 Å². The Kier molecular flexibility index (Phi) is 3.42. The summed E-state index contributed by atoms with van der Waals surface area (Å²) in [5.41, 5.74) is 1.41. The van der Waals surface area contributed by atoms with Crippen molar-refractivity contribution in [2.75, 3.05) is 11.4 Å². The summed E-state index contributed by atoms with van der Waals surface area (Å²) in [4.78, 5) is 29.0. The largest absolute Gasteiger partial charge is 0.367 e. The average molecular weight is 325 g/mol. The number of hydrogen-bond acceptors (Lipinski definition) is 3. The van der Waals surface area contributed by atoms with E-state index >= 15 is 0 Å². The molecule has 0 aromatic heterocycles. The number of para-hydroxylation sites is 1. The summed E-state index contributed by atoms with van der Waals surface area (Å²) in [5.74, 6) is 0.939. The number of piperidine rings is 1. The molecule has 1 aliphatic carbocycles. The minimum absolute atomic E-state index is 0.0484.